The molecule has 0 N–H and O–H groups in total. The summed E-state index contributed by atoms with van der Waals surface area (Å²) in [6.45, 7) is 4.65. The molecule has 0 aromatic heterocycles. The largest absolute Gasteiger partial charge is 0.495 e. The third kappa shape index (κ3) is 4.22. The van der Waals surface area contributed by atoms with E-state index >= 15 is 0 Å². The van der Waals surface area contributed by atoms with Crippen molar-refractivity contribution in [1.82, 2.24) is 4.90 Å². The van der Waals surface area contributed by atoms with Crippen molar-refractivity contribution in [1.29, 1.82) is 0 Å². The smallest absolute Gasteiger partial charge is 0.176 e. The fraction of sp³-hybridized carbons (Fsp3) is 0.562. The molecule has 0 atom stereocenters. The summed E-state index contributed by atoms with van der Waals surface area (Å²) in [5.41, 5.74) is 0.660. The molecule has 1 aromatic rings. The van der Waals surface area contributed by atoms with Crippen molar-refractivity contribution >= 4 is 17.4 Å². The minimum absolute atomic E-state index is 0.128. The Hall–Kier alpha value is -1.06. The second-order valence-corrected chi connectivity index (χ2v) is 5.86. The van der Waals surface area contributed by atoms with Crippen molar-refractivity contribution in [3.63, 3.8) is 0 Å². The van der Waals surface area contributed by atoms with Gasteiger partial charge >= 0.3 is 0 Å². The fourth-order valence-corrected chi connectivity index (χ4v) is 2.61. The van der Waals surface area contributed by atoms with Crippen molar-refractivity contribution in [3.05, 3.63) is 28.8 Å². The zero-order chi connectivity index (χ0) is 14.5. The Kier molecular flexibility index (Phi) is 5.44. The van der Waals surface area contributed by atoms with Gasteiger partial charge in [-0.15, -0.1) is 0 Å². The zero-order valence-electron chi connectivity index (χ0n) is 12.2. The maximum absolute atomic E-state index is 12.3. The summed E-state index contributed by atoms with van der Waals surface area (Å²) in [6, 6.07) is 5.24. The highest BCUT2D eigenvalue weighted by Gasteiger charge is 2.25. The van der Waals surface area contributed by atoms with Gasteiger partial charge in [-0.1, -0.05) is 18.5 Å². The van der Waals surface area contributed by atoms with Crippen LogP contribution in [0.25, 0.3) is 0 Å². The number of methoxy groups -OCH3 is 1. The molecule has 3 nitrogen and oxygen atoms in total. The van der Waals surface area contributed by atoms with Gasteiger partial charge in [0, 0.05) is 12.1 Å². The number of carbonyl (C=O) groups excluding carboxylic acids is 1. The Morgan fingerprint density at radius 2 is 2.20 bits per heavy atom. The van der Waals surface area contributed by atoms with Crippen molar-refractivity contribution in [2.24, 2.45) is 5.92 Å². The van der Waals surface area contributed by atoms with Crippen LogP contribution in [0.3, 0.4) is 0 Å². The molecule has 110 valence electrons. The van der Waals surface area contributed by atoms with Gasteiger partial charge in [0.25, 0.3) is 0 Å². The molecule has 0 unspecified atom stereocenters. The van der Waals surface area contributed by atoms with Gasteiger partial charge < -0.3 is 4.74 Å². The average molecular weight is 296 g/mol. The van der Waals surface area contributed by atoms with Gasteiger partial charge in [0.15, 0.2) is 5.78 Å². The van der Waals surface area contributed by atoms with Crippen LogP contribution in [0.4, 0.5) is 0 Å². The number of ether oxygens (including phenoxy) is 1. The Bertz CT molecular complexity index is 472. The monoisotopic (exact) mass is 295 g/mol. The number of carbonyl (C=O) groups is 1. The van der Waals surface area contributed by atoms with E-state index in [-0.39, 0.29) is 5.78 Å². The topological polar surface area (TPSA) is 29.5 Å². The van der Waals surface area contributed by atoms with Crippen molar-refractivity contribution in [2.75, 3.05) is 26.7 Å². The summed E-state index contributed by atoms with van der Waals surface area (Å²) >= 11 is 6.07. The van der Waals surface area contributed by atoms with Gasteiger partial charge in [-0.25, -0.2) is 0 Å². The fourth-order valence-electron chi connectivity index (χ4n) is 2.35. The standard InChI is InChI=1S/C16H22ClNO2/c1-3-8-18(10-12-4-5-12)11-15(19)13-6-7-16(20-2)14(17)9-13/h6-7,9,12H,3-5,8,10-11H2,1-2H3. The number of Topliss-reactive ketones (excluding diaryl/α,β-unsaturated/α-hetero) is 1. The molecule has 2 rings (SSSR count). The predicted octanol–water partition coefficient (Wildman–Crippen LogP) is 3.65. The third-order valence-corrected chi connectivity index (χ3v) is 3.89. The van der Waals surface area contributed by atoms with E-state index in [4.69, 9.17) is 16.3 Å². The average Bonchev–Trinajstić information content (AvgIpc) is 3.22. The first-order valence-electron chi connectivity index (χ1n) is 7.23. The van der Waals surface area contributed by atoms with Crippen LogP contribution in [0.5, 0.6) is 5.75 Å². The lowest BCUT2D eigenvalue weighted by atomic mass is 10.1. The second-order valence-electron chi connectivity index (χ2n) is 5.45. The predicted molar refractivity (Wildman–Crippen MR) is 81.8 cm³/mol. The quantitative estimate of drug-likeness (QED) is 0.686. The number of hydrogen-bond donors (Lipinski definition) is 0. The van der Waals surface area contributed by atoms with Crippen LogP contribution in [-0.2, 0) is 0 Å². The first-order chi connectivity index (χ1) is 9.63. The lowest BCUT2D eigenvalue weighted by Gasteiger charge is -2.20. The highest BCUT2D eigenvalue weighted by molar-refractivity contribution is 6.32. The number of rotatable bonds is 8. The first-order valence-corrected chi connectivity index (χ1v) is 7.61. The van der Waals surface area contributed by atoms with Gasteiger partial charge in [-0.2, -0.15) is 0 Å². The van der Waals surface area contributed by atoms with E-state index < -0.39 is 0 Å². The molecule has 0 spiro atoms. The van der Waals surface area contributed by atoms with Gasteiger partial charge in [0.05, 0.1) is 18.7 Å². The maximum Gasteiger partial charge on any atom is 0.176 e. The van der Waals surface area contributed by atoms with Crippen LogP contribution < -0.4 is 4.74 Å². The first kappa shape index (κ1) is 15.3. The van der Waals surface area contributed by atoms with Crippen molar-refractivity contribution in [2.45, 2.75) is 26.2 Å². The van der Waals surface area contributed by atoms with E-state index in [0.29, 0.717) is 22.9 Å². The van der Waals surface area contributed by atoms with E-state index in [1.165, 1.54) is 12.8 Å². The van der Waals surface area contributed by atoms with Gasteiger partial charge in [-0.3, -0.25) is 9.69 Å². The molecule has 1 aromatic carbocycles. The Balaban J connectivity index is 1.99. The molecular formula is C16H22ClNO2. The normalized spacial score (nSPS) is 14.6. The molecule has 0 radical (unpaired) electrons. The van der Waals surface area contributed by atoms with E-state index in [9.17, 15) is 4.79 Å². The highest BCUT2D eigenvalue weighted by Crippen LogP contribution is 2.30. The Morgan fingerprint density at radius 1 is 1.45 bits per heavy atom. The van der Waals surface area contributed by atoms with Crippen LogP contribution in [0.1, 0.15) is 36.5 Å². The summed E-state index contributed by atoms with van der Waals surface area (Å²) in [6.07, 6.45) is 3.69. The molecule has 0 amide bonds. The lowest BCUT2D eigenvalue weighted by molar-refractivity contribution is 0.0927. The molecule has 0 heterocycles. The van der Waals surface area contributed by atoms with E-state index in [1.807, 2.05) is 0 Å². The second kappa shape index (κ2) is 7.09. The van der Waals surface area contributed by atoms with Crippen molar-refractivity contribution in [3.8, 4) is 5.75 Å². The van der Waals surface area contributed by atoms with E-state index in [0.717, 1.165) is 25.4 Å². The van der Waals surface area contributed by atoms with Crippen LogP contribution in [-0.4, -0.2) is 37.4 Å². The van der Waals surface area contributed by atoms with E-state index in [2.05, 4.69) is 11.8 Å². The summed E-state index contributed by atoms with van der Waals surface area (Å²) in [5, 5.41) is 0.489. The van der Waals surface area contributed by atoms with Crippen LogP contribution in [0.2, 0.25) is 5.02 Å². The number of halogens is 1. The summed E-state index contributed by atoms with van der Waals surface area (Å²) in [5.74, 6) is 1.53. The lowest BCUT2D eigenvalue weighted by Crippen LogP contribution is -2.32. The number of benzene rings is 1. The van der Waals surface area contributed by atoms with Gasteiger partial charge in [0.2, 0.25) is 0 Å². The molecule has 1 saturated carbocycles. The van der Waals surface area contributed by atoms with Gasteiger partial charge in [0.1, 0.15) is 5.75 Å². The molecule has 0 saturated heterocycles. The Labute approximate surface area is 125 Å². The van der Waals surface area contributed by atoms with E-state index in [1.54, 1.807) is 25.3 Å². The minimum Gasteiger partial charge on any atom is -0.495 e. The van der Waals surface area contributed by atoms with Crippen LogP contribution >= 0.6 is 11.6 Å². The molecule has 0 bridgehead atoms. The molecule has 0 aliphatic heterocycles. The summed E-state index contributed by atoms with van der Waals surface area (Å²) in [4.78, 5) is 14.6. The van der Waals surface area contributed by atoms with Gasteiger partial charge in [-0.05, 0) is 49.9 Å². The molecule has 20 heavy (non-hydrogen) atoms. The minimum atomic E-state index is 0.128. The Morgan fingerprint density at radius 3 is 2.75 bits per heavy atom. The summed E-state index contributed by atoms with van der Waals surface area (Å²) in [7, 11) is 1.57. The zero-order valence-corrected chi connectivity index (χ0v) is 12.9. The highest BCUT2D eigenvalue weighted by atomic mass is 35.5. The number of hydrogen-bond acceptors (Lipinski definition) is 3. The van der Waals surface area contributed by atoms with Crippen LogP contribution in [0.15, 0.2) is 18.2 Å². The van der Waals surface area contributed by atoms with Crippen molar-refractivity contribution < 1.29 is 9.53 Å². The number of nitrogens with zero attached hydrogens (tertiary/aromatic N) is 1. The molecule has 1 fully saturated rings. The number of ketones is 1. The SMILES string of the molecule is CCCN(CC(=O)c1ccc(OC)c(Cl)c1)CC1CC1. The molecule has 1 aliphatic rings. The summed E-state index contributed by atoms with van der Waals surface area (Å²) < 4.78 is 5.11. The maximum atomic E-state index is 12.3. The molecule has 4 heteroatoms. The molecular weight excluding hydrogens is 274 g/mol. The third-order valence-electron chi connectivity index (χ3n) is 3.59. The molecule has 1 aliphatic carbocycles. The van der Waals surface area contributed by atoms with Crippen LogP contribution in [0, 0.1) is 5.92 Å².